The van der Waals surface area contributed by atoms with E-state index >= 15 is 0 Å². The number of amides is 2. The van der Waals surface area contributed by atoms with Crippen molar-refractivity contribution in [3.8, 4) is 0 Å². The van der Waals surface area contributed by atoms with Gasteiger partial charge < -0.3 is 24.6 Å². The molecule has 0 unspecified atom stereocenters. The molecule has 326 valence electrons. The van der Waals surface area contributed by atoms with Gasteiger partial charge in [-0.3, -0.25) is 24.0 Å². The van der Waals surface area contributed by atoms with Gasteiger partial charge in [0.15, 0.2) is 12.1 Å². The summed E-state index contributed by atoms with van der Waals surface area (Å²) < 4.78 is 15.3. The van der Waals surface area contributed by atoms with Crippen LogP contribution in [0.4, 0.5) is 5.69 Å². The Morgan fingerprint density at radius 1 is 0.885 bits per heavy atom. The van der Waals surface area contributed by atoms with E-state index in [2.05, 4.69) is 41.7 Å². The number of hydrogen-bond donors (Lipinski definition) is 2. The molecule has 1 aromatic heterocycles. The number of aliphatic hydroxyl groups is 2. The van der Waals surface area contributed by atoms with Gasteiger partial charge in [-0.25, -0.2) is 0 Å². The molecule has 12 nitrogen and oxygen atoms in total. The predicted octanol–water partition coefficient (Wildman–Crippen LogP) is 7.04. The molecule has 3 saturated heterocycles. The summed E-state index contributed by atoms with van der Waals surface area (Å²) in [5.74, 6) is -1.07. The van der Waals surface area contributed by atoms with Crippen LogP contribution in [-0.4, -0.2) is 98.5 Å². The fourth-order valence-electron chi connectivity index (χ4n) is 13.9. The third-order valence-electron chi connectivity index (χ3n) is 16.6. The van der Waals surface area contributed by atoms with Gasteiger partial charge in [-0.1, -0.05) is 50.6 Å². The number of nitrogens with zero attached hydrogens (tertiary/aromatic N) is 5. The lowest BCUT2D eigenvalue weighted by Gasteiger charge is -2.72. The molecule has 7 fully saturated rings. The van der Waals surface area contributed by atoms with Crippen LogP contribution >= 0.6 is 0 Å². The van der Waals surface area contributed by atoms with Crippen molar-refractivity contribution >= 4 is 34.1 Å². The Kier molecular flexibility index (Phi) is 10.6. The molecule has 4 bridgehead atoms. The number of anilines is 1. The van der Waals surface area contributed by atoms with E-state index in [-0.39, 0.29) is 28.9 Å². The lowest BCUT2D eigenvalue weighted by Crippen LogP contribution is -2.78. The third kappa shape index (κ3) is 6.31. The molecule has 4 saturated carbocycles. The highest BCUT2D eigenvalue weighted by Crippen LogP contribution is 2.75. The molecule has 2 N–H and O–H groups in total. The number of piperidine rings is 1. The van der Waals surface area contributed by atoms with Gasteiger partial charge in [-0.05, 0) is 119 Å². The summed E-state index contributed by atoms with van der Waals surface area (Å²) in [6.07, 6.45) is 13.0. The number of imide groups is 1. The van der Waals surface area contributed by atoms with Gasteiger partial charge in [-0.15, -0.1) is 5.10 Å². The van der Waals surface area contributed by atoms with Gasteiger partial charge >= 0.3 is 0 Å². The standard InChI is InChI=1S/C49H63N5O7/c1-30-35-27-37(55)41-48-21-14-20-47(2,3)38(48)28-39(49(41,42(30)56)43(35)57)61-46(48)60-26-12-4-7-15-31-29-53(51-50-31)24-10-6-11-25-54-44(58)33-17-13-16-32-36(52-22-8-5-9-23-52)19-18-34(40(32)33)45(54)59/h13,16-19,29,35,37-39,41,43,46,55,57H,1,4-12,14-15,20-28H2,2-3H3/t35-,37-,38+,39+,41-,43+,46+,48-,49+/m0/s1. The minimum atomic E-state index is -1.13. The van der Waals surface area contributed by atoms with E-state index in [0.29, 0.717) is 42.7 Å². The van der Waals surface area contributed by atoms with Gasteiger partial charge in [0.1, 0.15) is 0 Å². The SMILES string of the molecule is C=C1C(=O)[C@]23[C@H](O)[C@H]1C[C@H](O)[C@H]2[C@]12CCCC(C)(C)[C@H]1C[C@H]3O[C@H]2OCCCCCc1cn(CCCCCN2C(=O)c3cccc4c(N5CCCCC5)ccc(c34)C2=O)nn1. The second kappa shape index (κ2) is 15.7. The van der Waals surface area contributed by atoms with Crippen LogP contribution < -0.4 is 4.90 Å². The van der Waals surface area contributed by atoms with E-state index < -0.39 is 47.3 Å². The number of fused-ring (bicyclic) bond motifs is 2. The van der Waals surface area contributed by atoms with Crippen molar-refractivity contribution < 1.29 is 34.1 Å². The summed E-state index contributed by atoms with van der Waals surface area (Å²) in [4.78, 5) is 45.1. The molecular weight excluding hydrogens is 771 g/mol. The summed E-state index contributed by atoms with van der Waals surface area (Å²) in [5.41, 5.74) is 2.12. The summed E-state index contributed by atoms with van der Waals surface area (Å²) in [7, 11) is 0. The summed E-state index contributed by atoms with van der Waals surface area (Å²) in [6, 6.07) is 9.84. The van der Waals surface area contributed by atoms with E-state index in [1.807, 2.05) is 35.1 Å². The second-order valence-corrected chi connectivity index (χ2v) is 20.2. The Balaban J connectivity index is 0.685. The molecule has 4 aliphatic carbocycles. The fraction of sp³-hybridized carbons (Fsp3) is 0.653. The normalized spacial score (nSPS) is 33.7. The number of unbranched alkanes of at least 4 members (excludes halogenated alkanes) is 4. The van der Waals surface area contributed by atoms with Crippen LogP contribution in [0, 0.1) is 34.0 Å². The van der Waals surface area contributed by atoms with Gasteiger partial charge in [0.05, 0.1) is 29.4 Å². The molecule has 61 heavy (non-hydrogen) atoms. The van der Waals surface area contributed by atoms with Crippen molar-refractivity contribution in [2.45, 2.75) is 141 Å². The highest BCUT2D eigenvalue weighted by molar-refractivity contribution is 6.26. The van der Waals surface area contributed by atoms with E-state index in [0.717, 1.165) is 119 Å². The van der Waals surface area contributed by atoms with Crippen LogP contribution in [0.3, 0.4) is 0 Å². The lowest BCUT2D eigenvalue weighted by atomic mass is 9.37. The number of carbonyl (C=O) groups excluding carboxylic acids is 3. The van der Waals surface area contributed by atoms with Crippen molar-refractivity contribution in [2.75, 3.05) is 31.1 Å². The Hall–Kier alpha value is -3.97. The zero-order valence-electron chi connectivity index (χ0n) is 36.0. The number of rotatable bonds is 14. The molecule has 2 aromatic carbocycles. The van der Waals surface area contributed by atoms with Crippen LogP contribution in [0.25, 0.3) is 10.8 Å². The molecule has 0 radical (unpaired) electrons. The first-order valence-corrected chi connectivity index (χ1v) is 23.4. The first kappa shape index (κ1) is 41.1. The average Bonchev–Trinajstić information content (AvgIpc) is 3.75. The summed E-state index contributed by atoms with van der Waals surface area (Å²) >= 11 is 0. The molecule has 12 heteroatoms. The number of benzene rings is 2. The molecule has 9 atom stereocenters. The monoisotopic (exact) mass is 833 g/mol. The van der Waals surface area contributed by atoms with Crippen LogP contribution in [0.1, 0.15) is 130 Å². The fourth-order valence-corrected chi connectivity index (χ4v) is 13.9. The predicted molar refractivity (Wildman–Crippen MR) is 230 cm³/mol. The topological polar surface area (TPSA) is 147 Å². The average molecular weight is 834 g/mol. The molecule has 8 aliphatic rings. The zero-order chi connectivity index (χ0) is 42.3. The maximum Gasteiger partial charge on any atom is 0.261 e. The largest absolute Gasteiger partial charge is 0.393 e. The van der Waals surface area contributed by atoms with Gasteiger partial charge in [0.2, 0.25) is 0 Å². The van der Waals surface area contributed by atoms with Crippen LogP contribution in [0.15, 0.2) is 48.7 Å². The van der Waals surface area contributed by atoms with Gasteiger partial charge in [-0.2, -0.15) is 0 Å². The summed E-state index contributed by atoms with van der Waals surface area (Å²) in [5, 5.41) is 34.1. The van der Waals surface area contributed by atoms with E-state index in [1.165, 1.54) is 11.3 Å². The molecule has 11 rings (SSSR count). The third-order valence-corrected chi connectivity index (χ3v) is 16.6. The zero-order valence-corrected chi connectivity index (χ0v) is 36.0. The minimum absolute atomic E-state index is 0.0101. The summed E-state index contributed by atoms with van der Waals surface area (Å²) in [6.45, 7) is 12.4. The number of Topliss-reactive ketones (excluding diaryl/α,β-unsaturated/α-hetero) is 1. The number of hydrogen-bond acceptors (Lipinski definition) is 10. The molecule has 2 amide bonds. The number of carbonyl (C=O) groups is 3. The Labute approximate surface area is 359 Å². The number of ketones is 1. The molecule has 5 heterocycles. The van der Waals surface area contributed by atoms with Crippen LogP contribution in [-0.2, 0) is 27.2 Å². The van der Waals surface area contributed by atoms with Crippen LogP contribution in [0.5, 0.6) is 0 Å². The Morgan fingerprint density at radius 3 is 2.48 bits per heavy atom. The van der Waals surface area contributed by atoms with Crippen molar-refractivity contribution in [1.29, 1.82) is 0 Å². The highest BCUT2D eigenvalue weighted by Gasteiger charge is 2.81. The quantitative estimate of drug-likeness (QED) is 0.0985. The molecule has 3 aromatic rings. The van der Waals surface area contributed by atoms with E-state index in [4.69, 9.17) is 9.47 Å². The van der Waals surface area contributed by atoms with E-state index in [1.54, 1.807) is 0 Å². The number of ether oxygens (including phenoxy) is 2. The Morgan fingerprint density at radius 2 is 1.66 bits per heavy atom. The smallest absolute Gasteiger partial charge is 0.261 e. The van der Waals surface area contributed by atoms with Crippen molar-refractivity contribution in [3.63, 3.8) is 0 Å². The molecule has 4 aliphatic heterocycles. The van der Waals surface area contributed by atoms with Gasteiger partial charge in [0.25, 0.3) is 11.8 Å². The first-order chi connectivity index (χ1) is 29.5. The minimum Gasteiger partial charge on any atom is -0.393 e. The Bertz CT molecular complexity index is 2210. The highest BCUT2D eigenvalue weighted by atomic mass is 16.7. The number of aromatic nitrogens is 3. The van der Waals surface area contributed by atoms with Crippen LogP contribution in [0.2, 0.25) is 0 Å². The van der Waals surface area contributed by atoms with E-state index in [9.17, 15) is 24.6 Å². The first-order valence-electron chi connectivity index (χ1n) is 23.4. The molecule has 2 spiro atoms. The number of aliphatic hydroxyl groups excluding tert-OH is 2. The van der Waals surface area contributed by atoms with Crippen molar-refractivity contribution in [2.24, 2.45) is 34.0 Å². The van der Waals surface area contributed by atoms with Crippen molar-refractivity contribution in [3.05, 3.63) is 65.5 Å². The van der Waals surface area contributed by atoms with Crippen molar-refractivity contribution in [1.82, 2.24) is 19.9 Å². The maximum absolute atomic E-state index is 14.0. The maximum atomic E-state index is 14.0. The second-order valence-electron chi connectivity index (χ2n) is 20.2. The lowest BCUT2D eigenvalue weighted by molar-refractivity contribution is -0.402. The number of aryl methyl sites for hydroxylation is 2. The van der Waals surface area contributed by atoms with Gasteiger partial charge in [0, 0.05) is 83.8 Å². The molecular formula is C49H63N5O7.